The minimum atomic E-state index is 0.161. The first kappa shape index (κ1) is 15.9. The molecule has 0 aromatic carbocycles. The lowest BCUT2D eigenvalue weighted by molar-refractivity contribution is 0.796. The molecule has 1 heterocycles. The van der Waals surface area contributed by atoms with E-state index in [1.165, 1.54) is 5.56 Å². The van der Waals surface area contributed by atoms with Crippen molar-refractivity contribution in [3.63, 3.8) is 0 Å². The third kappa shape index (κ3) is 6.16. The SMILES string of the molecule is C#CCNC(=NCCCc1ncccc1C)NC(N)=S. The van der Waals surface area contributed by atoms with Gasteiger partial charge in [-0.25, -0.2) is 0 Å². The van der Waals surface area contributed by atoms with Gasteiger partial charge in [0.25, 0.3) is 0 Å². The molecule has 0 fully saturated rings. The summed E-state index contributed by atoms with van der Waals surface area (Å²) in [6.45, 7) is 3.06. The fourth-order valence-electron chi connectivity index (χ4n) is 1.61. The summed E-state index contributed by atoms with van der Waals surface area (Å²) in [5.74, 6) is 2.98. The number of nitrogens with one attached hydrogen (secondary N) is 2. The van der Waals surface area contributed by atoms with E-state index in [2.05, 4.69) is 39.5 Å². The molecule has 0 unspecified atom stereocenters. The van der Waals surface area contributed by atoms with Crippen molar-refractivity contribution in [2.45, 2.75) is 19.8 Å². The van der Waals surface area contributed by atoms with E-state index in [1.807, 2.05) is 6.07 Å². The lowest BCUT2D eigenvalue weighted by atomic mass is 10.1. The summed E-state index contributed by atoms with van der Waals surface area (Å²) in [4.78, 5) is 8.70. The Labute approximate surface area is 125 Å². The summed E-state index contributed by atoms with van der Waals surface area (Å²) in [7, 11) is 0. The number of thiocarbonyl (C=S) groups is 1. The van der Waals surface area contributed by atoms with Crippen molar-refractivity contribution in [1.29, 1.82) is 0 Å². The predicted octanol–water partition coefficient (Wildman–Crippen LogP) is 0.735. The maximum absolute atomic E-state index is 5.42. The van der Waals surface area contributed by atoms with E-state index in [0.717, 1.165) is 18.5 Å². The fourth-order valence-corrected chi connectivity index (χ4v) is 1.71. The molecular formula is C14H19N5S. The van der Waals surface area contributed by atoms with Crippen molar-refractivity contribution >= 4 is 23.3 Å². The Bertz CT molecular complexity index is 519. The highest BCUT2D eigenvalue weighted by molar-refractivity contribution is 7.80. The lowest BCUT2D eigenvalue weighted by Crippen LogP contribution is -2.43. The van der Waals surface area contributed by atoms with Crippen LogP contribution in [0, 0.1) is 19.3 Å². The predicted molar refractivity (Wildman–Crippen MR) is 86.4 cm³/mol. The Kier molecular flexibility index (Phi) is 7.07. The van der Waals surface area contributed by atoms with Gasteiger partial charge >= 0.3 is 0 Å². The fraction of sp³-hybridized carbons (Fsp3) is 0.357. The van der Waals surface area contributed by atoms with Crippen LogP contribution < -0.4 is 16.4 Å². The number of nitrogens with zero attached hydrogens (tertiary/aromatic N) is 2. The molecule has 0 bridgehead atoms. The second kappa shape index (κ2) is 8.88. The first-order valence-electron chi connectivity index (χ1n) is 6.32. The number of guanidine groups is 1. The van der Waals surface area contributed by atoms with Gasteiger partial charge in [0, 0.05) is 18.4 Å². The molecule has 0 saturated heterocycles. The molecule has 0 saturated carbocycles. The number of rotatable bonds is 5. The standard InChI is InChI=1S/C14H19N5S/c1-3-8-17-14(19-13(15)20)18-10-5-7-12-11(2)6-4-9-16-12/h1,4,6,9H,5,7-8,10H2,2H3,(H4,15,17,18,19,20). The van der Waals surface area contributed by atoms with Gasteiger partial charge in [-0.1, -0.05) is 12.0 Å². The molecule has 0 atom stereocenters. The number of aryl methyl sites for hydroxylation is 2. The van der Waals surface area contributed by atoms with Crippen LogP contribution in [0.5, 0.6) is 0 Å². The summed E-state index contributed by atoms with van der Waals surface area (Å²) in [5, 5.41) is 5.85. The number of hydrogen-bond donors (Lipinski definition) is 3. The molecule has 0 radical (unpaired) electrons. The number of nitrogens with two attached hydrogens (primary N) is 1. The zero-order chi connectivity index (χ0) is 14.8. The summed E-state index contributed by atoms with van der Waals surface area (Å²) in [5.41, 5.74) is 7.72. The molecule has 1 aromatic heterocycles. The van der Waals surface area contributed by atoms with Crippen LogP contribution in [-0.4, -0.2) is 29.1 Å². The highest BCUT2D eigenvalue weighted by atomic mass is 32.1. The second-order valence-corrected chi connectivity index (χ2v) is 4.59. The normalized spacial score (nSPS) is 10.7. The van der Waals surface area contributed by atoms with Gasteiger partial charge in [0.2, 0.25) is 0 Å². The maximum atomic E-state index is 5.42. The molecule has 1 aromatic rings. The quantitative estimate of drug-likeness (QED) is 0.245. The van der Waals surface area contributed by atoms with Crippen LogP contribution in [-0.2, 0) is 6.42 Å². The van der Waals surface area contributed by atoms with Gasteiger partial charge in [-0.15, -0.1) is 6.42 Å². The third-order valence-corrected chi connectivity index (χ3v) is 2.66. The van der Waals surface area contributed by atoms with Crippen molar-refractivity contribution < 1.29 is 0 Å². The van der Waals surface area contributed by atoms with Crippen LogP contribution in [0.3, 0.4) is 0 Å². The molecule has 4 N–H and O–H groups in total. The summed E-state index contributed by atoms with van der Waals surface area (Å²) < 4.78 is 0. The minimum Gasteiger partial charge on any atom is -0.376 e. The van der Waals surface area contributed by atoms with Crippen molar-refractivity contribution in [3.05, 3.63) is 29.6 Å². The molecule has 0 aliphatic rings. The molecule has 6 heteroatoms. The average Bonchev–Trinajstić information content (AvgIpc) is 2.41. The van der Waals surface area contributed by atoms with Gasteiger partial charge in [-0.2, -0.15) is 0 Å². The molecule has 106 valence electrons. The Morgan fingerprint density at radius 3 is 3.05 bits per heavy atom. The highest BCUT2D eigenvalue weighted by Gasteiger charge is 2.00. The van der Waals surface area contributed by atoms with E-state index in [9.17, 15) is 0 Å². The van der Waals surface area contributed by atoms with Crippen LogP contribution >= 0.6 is 12.2 Å². The smallest absolute Gasteiger partial charge is 0.198 e. The number of aromatic nitrogens is 1. The monoisotopic (exact) mass is 289 g/mol. The summed E-state index contributed by atoms with van der Waals surface area (Å²) in [6, 6.07) is 3.99. The number of aliphatic imine (C=N–C) groups is 1. The van der Waals surface area contributed by atoms with E-state index in [4.69, 9.17) is 24.4 Å². The van der Waals surface area contributed by atoms with Gasteiger partial charge in [-0.3, -0.25) is 9.98 Å². The van der Waals surface area contributed by atoms with Crippen LogP contribution in [0.1, 0.15) is 17.7 Å². The zero-order valence-corrected chi connectivity index (χ0v) is 12.3. The van der Waals surface area contributed by atoms with Crippen molar-refractivity contribution in [3.8, 4) is 12.3 Å². The van der Waals surface area contributed by atoms with Crippen LogP contribution in [0.2, 0.25) is 0 Å². The maximum Gasteiger partial charge on any atom is 0.198 e. The molecular weight excluding hydrogens is 270 g/mol. The molecule has 0 aliphatic heterocycles. The Morgan fingerprint density at radius 2 is 2.40 bits per heavy atom. The van der Waals surface area contributed by atoms with E-state index < -0.39 is 0 Å². The molecule has 0 aliphatic carbocycles. The first-order valence-corrected chi connectivity index (χ1v) is 6.73. The molecule has 5 nitrogen and oxygen atoms in total. The lowest BCUT2D eigenvalue weighted by Gasteiger charge is -2.09. The summed E-state index contributed by atoms with van der Waals surface area (Å²) in [6.07, 6.45) is 8.76. The van der Waals surface area contributed by atoms with Crippen LogP contribution in [0.4, 0.5) is 0 Å². The number of hydrogen-bond acceptors (Lipinski definition) is 3. The molecule has 1 rings (SSSR count). The Balaban J connectivity index is 2.45. The topological polar surface area (TPSA) is 75.3 Å². The minimum absolute atomic E-state index is 0.161. The third-order valence-electron chi connectivity index (χ3n) is 2.56. The van der Waals surface area contributed by atoms with Crippen molar-refractivity contribution in [2.24, 2.45) is 10.7 Å². The first-order chi connectivity index (χ1) is 9.63. The van der Waals surface area contributed by atoms with E-state index in [0.29, 0.717) is 19.0 Å². The highest BCUT2D eigenvalue weighted by Crippen LogP contribution is 2.05. The molecule has 0 amide bonds. The molecule has 20 heavy (non-hydrogen) atoms. The van der Waals surface area contributed by atoms with Gasteiger partial charge in [0.1, 0.15) is 0 Å². The van der Waals surface area contributed by atoms with E-state index in [1.54, 1.807) is 6.20 Å². The average molecular weight is 289 g/mol. The molecule has 0 spiro atoms. The Hall–Kier alpha value is -2.13. The van der Waals surface area contributed by atoms with Gasteiger partial charge in [0.15, 0.2) is 11.1 Å². The van der Waals surface area contributed by atoms with Gasteiger partial charge in [-0.05, 0) is 43.6 Å². The number of pyridine rings is 1. The van der Waals surface area contributed by atoms with Crippen molar-refractivity contribution in [1.82, 2.24) is 15.6 Å². The van der Waals surface area contributed by atoms with Gasteiger partial charge < -0.3 is 16.4 Å². The largest absolute Gasteiger partial charge is 0.376 e. The zero-order valence-electron chi connectivity index (χ0n) is 11.5. The van der Waals surface area contributed by atoms with Crippen LogP contribution in [0.25, 0.3) is 0 Å². The summed E-state index contributed by atoms with van der Waals surface area (Å²) >= 11 is 4.78. The van der Waals surface area contributed by atoms with E-state index >= 15 is 0 Å². The van der Waals surface area contributed by atoms with Crippen LogP contribution in [0.15, 0.2) is 23.3 Å². The van der Waals surface area contributed by atoms with Gasteiger partial charge in [0.05, 0.1) is 6.54 Å². The Morgan fingerprint density at radius 1 is 1.60 bits per heavy atom. The second-order valence-electron chi connectivity index (χ2n) is 4.15. The number of terminal acetylenes is 1. The van der Waals surface area contributed by atoms with Crippen molar-refractivity contribution in [2.75, 3.05) is 13.1 Å². The van der Waals surface area contributed by atoms with E-state index in [-0.39, 0.29) is 5.11 Å².